The molecule has 2 aromatic rings. The highest BCUT2D eigenvalue weighted by atomic mass is 35.5. The van der Waals surface area contributed by atoms with Crippen molar-refractivity contribution in [2.45, 2.75) is 6.42 Å². The van der Waals surface area contributed by atoms with Crippen LogP contribution in [-0.2, 0) is 6.42 Å². The van der Waals surface area contributed by atoms with Gasteiger partial charge in [0.15, 0.2) is 0 Å². The predicted octanol–water partition coefficient (Wildman–Crippen LogP) is 3.05. The van der Waals surface area contributed by atoms with Gasteiger partial charge >= 0.3 is 0 Å². The van der Waals surface area contributed by atoms with E-state index in [1.165, 1.54) is 18.2 Å². The molecule has 2 rings (SSSR count). The van der Waals surface area contributed by atoms with Crippen LogP contribution in [0.1, 0.15) is 11.1 Å². The fourth-order valence-electron chi connectivity index (χ4n) is 1.60. The first-order chi connectivity index (χ1) is 8.06. The van der Waals surface area contributed by atoms with E-state index in [2.05, 4.69) is 0 Å². The number of halogens is 1. The zero-order chi connectivity index (χ0) is 12.4. The molecule has 0 spiro atoms. The molecule has 0 aliphatic carbocycles. The molecule has 0 bridgehead atoms. The quantitative estimate of drug-likeness (QED) is 0.768. The van der Waals surface area contributed by atoms with Gasteiger partial charge < -0.3 is 15.3 Å². The first-order valence-electron chi connectivity index (χ1n) is 5.04. The van der Waals surface area contributed by atoms with Crippen LogP contribution in [0.5, 0.6) is 17.2 Å². The highest BCUT2D eigenvalue weighted by molar-refractivity contribution is 6.30. The van der Waals surface area contributed by atoms with Crippen molar-refractivity contribution in [2.24, 2.45) is 0 Å². The molecule has 0 fully saturated rings. The molecule has 0 saturated carbocycles. The second-order valence-electron chi connectivity index (χ2n) is 3.76. The van der Waals surface area contributed by atoms with E-state index in [1.807, 2.05) is 0 Å². The molecule has 3 nitrogen and oxygen atoms in total. The average molecular weight is 251 g/mol. The molecule has 0 aliphatic rings. The normalized spacial score (nSPS) is 10.4. The number of hydrogen-bond acceptors (Lipinski definition) is 3. The summed E-state index contributed by atoms with van der Waals surface area (Å²) in [6.45, 7) is 0. The average Bonchev–Trinajstić information content (AvgIpc) is 2.27. The molecule has 4 heteroatoms. The summed E-state index contributed by atoms with van der Waals surface area (Å²) in [7, 11) is 0. The maximum Gasteiger partial charge on any atom is 0.122 e. The van der Waals surface area contributed by atoms with Crippen LogP contribution in [0, 0.1) is 0 Å². The van der Waals surface area contributed by atoms with Crippen molar-refractivity contribution in [3.63, 3.8) is 0 Å². The predicted molar refractivity (Wildman–Crippen MR) is 65.7 cm³/mol. The van der Waals surface area contributed by atoms with Gasteiger partial charge in [-0.25, -0.2) is 0 Å². The summed E-state index contributed by atoms with van der Waals surface area (Å²) >= 11 is 5.83. The Labute approximate surface area is 104 Å². The van der Waals surface area contributed by atoms with E-state index in [0.29, 0.717) is 22.6 Å². The van der Waals surface area contributed by atoms with Crippen molar-refractivity contribution in [1.29, 1.82) is 0 Å². The van der Waals surface area contributed by atoms with E-state index in [0.717, 1.165) is 0 Å². The monoisotopic (exact) mass is 250 g/mol. The summed E-state index contributed by atoms with van der Waals surface area (Å²) in [6, 6.07) is 9.09. The fraction of sp³-hybridized carbons (Fsp3) is 0.0769. The Balaban J connectivity index is 2.34. The van der Waals surface area contributed by atoms with Crippen molar-refractivity contribution in [2.75, 3.05) is 0 Å². The number of phenolic OH excluding ortho intramolecular Hbond substituents is 3. The van der Waals surface area contributed by atoms with Gasteiger partial charge in [-0.15, -0.1) is 0 Å². The van der Waals surface area contributed by atoms with Gasteiger partial charge in [0.1, 0.15) is 17.2 Å². The van der Waals surface area contributed by atoms with Crippen molar-refractivity contribution in [3.8, 4) is 17.2 Å². The minimum Gasteiger partial charge on any atom is -0.508 e. The highest BCUT2D eigenvalue weighted by Crippen LogP contribution is 2.29. The summed E-state index contributed by atoms with van der Waals surface area (Å²) in [5.74, 6) is 0.118. The number of aromatic hydroxyl groups is 3. The Morgan fingerprint density at radius 1 is 0.824 bits per heavy atom. The van der Waals surface area contributed by atoms with Crippen molar-refractivity contribution >= 4 is 11.6 Å². The number of rotatable bonds is 2. The van der Waals surface area contributed by atoms with Crippen LogP contribution in [0.4, 0.5) is 0 Å². The lowest BCUT2D eigenvalue weighted by Gasteiger charge is -2.07. The third kappa shape index (κ3) is 2.63. The molecular weight excluding hydrogens is 240 g/mol. The summed E-state index contributed by atoms with van der Waals surface area (Å²) in [5, 5.41) is 29.0. The Hall–Kier alpha value is -1.87. The second-order valence-corrected chi connectivity index (χ2v) is 4.20. The fourth-order valence-corrected chi connectivity index (χ4v) is 1.80. The Bertz CT molecular complexity index is 552. The van der Waals surface area contributed by atoms with Crippen LogP contribution in [0.15, 0.2) is 36.4 Å². The van der Waals surface area contributed by atoms with Crippen molar-refractivity contribution in [3.05, 3.63) is 52.5 Å². The van der Waals surface area contributed by atoms with E-state index in [4.69, 9.17) is 11.6 Å². The Kier molecular flexibility index (Phi) is 3.11. The minimum atomic E-state index is -0.00984. The minimum absolute atomic E-state index is 0.00145. The van der Waals surface area contributed by atoms with E-state index < -0.39 is 0 Å². The number of phenols is 3. The topological polar surface area (TPSA) is 60.7 Å². The van der Waals surface area contributed by atoms with Gasteiger partial charge in [-0.2, -0.15) is 0 Å². The van der Waals surface area contributed by atoms with Gasteiger partial charge in [-0.1, -0.05) is 17.7 Å². The van der Waals surface area contributed by atoms with Crippen LogP contribution >= 0.6 is 11.6 Å². The van der Waals surface area contributed by atoms with Crippen molar-refractivity contribution < 1.29 is 15.3 Å². The van der Waals surface area contributed by atoms with Gasteiger partial charge in [0.05, 0.1) is 0 Å². The third-order valence-electron chi connectivity index (χ3n) is 2.49. The van der Waals surface area contributed by atoms with Gasteiger partial charge in [0, 0.05) is 17.5 Å². The third-order valence-corrected chi connectivity index (χ3v) is 2.73. The lowest BCUT2D eigenvalue weighted by Crippen LogP contribution is -1.89. The largest absolute Gasteiger partial charge is 0.508 e. The molecule has 0 heterocycles. The molecule has 0 aliphatic heterocycles. The molecule has 0 aromatic heterocycles. The zero-order valence-corrected chi connectivity index (χ0v) is 9.65. The standard InChI is InChI=1S/C13H11ClO3/c14-10-2-4-12(16)9(6-10)5-8-1-3-11(15)7-13(8)17/h1-4,6-7,15-17H,5H2. The summed E-state index contributed by atoms with van der Waals surface area (Å²) in [4.78, 5) is 0. The molecule has 3 N–H and O–H groups in total. The van der Waals surface area contributed by atoms with Gasteiger partial charge in [-0.05, 0) is 35.4 Å². The summed E-state index contributed by atoms with van der Waals surface area (Å²) < 4.78 is 0. The maximum atomic E-state index is 9.65. The molecule has 88 valence electrons. The highest BCUT2D eigenvalue weighted by Gasteiger charge is 2.07. The van der Waals surface area contributed by atoms with Gasteiger partial charge in [0.2, 0.25) is 0 Å². The maximum absolute atomic E-state index is 9.65. The zero-order valence-electron chi connectivity index (χ0n) is 8.89. The summed E-state index contributed by atoms with van der Waals surface area (Å²) in [6.07, 6.45) is 0.346. The van der Waals surface area contributed by atoms with Crippen LogP contribution in [-0.4, -0.2) is 15.3 Å². The van der Waals surface area contributed by atoms with Gasteiger partial charge in [-0.3, -0.25) is 0 Å². The van der Waals surface area contributed by atoms with E-state index >= 15 is 0 Å². The molecular formula is C13H11ClO3. The Morgan fingerprint density at radius 3 is 2.29 bits per heavy atom. The lowest BCUT2D eigenvalue weighted by molar-refractivity contribution is 0.446. The molecule has 0 amide bonds. The molecule has 0 unspecified atom stereocenters. The smallest absolute Gasteiger partial charge is 0.122 e. The molecule has 2 aromatic carbocycles. The molecule has 0 atom stereocenters. The lowest BCUT2D eigenvalue weighted by atomic mass is 10.0. The van der Waals surface area contributed by atoms with Gasteiger partial charge in [0.25, 0.3) is 0 Å². The molecule has 0 saturated heterocycles. The first kappa shape index (κ1) is 11.6. The van der Waals surface area contributed by atoms with Crippen molar-refractivity contribution in [1.82, 2.24) is 0 Å². The van der Waals surface area contributed by atoms with E-state index in [1.54, 1.807) is 18.2 Å². The Morgan fingerprint density at radius 2 is 1.59 bits per heavy atom. The summed E-state index contributed by atoms with van der Waals surface area (Å²) in [5.41, 5.74) is 1.24. The number of hydrogen-bond donors (Lipinski definition) is 3. The number of benzene rings is 2. The van der Waals surface area contributed by atoms with E-state index in [-0.39, 0.29) is 17.2 Å². The molecule has 17 heavy (non-hydrogen) atoms. The van der Waals surface area contributed by atoms with E-state index in [9.17, 15) is 15.3 Å². The van der Waals surface area contributed by atoms with Crippen LogP contribution in [0.3, 0.4) is 0 Å². The van der Waals surface area contributed by atoms with Crippen LogP contribution < -0.4 is 0 Å². The first-order valence-corrected chi connectivity index (χ1v) is 5.42. The SMILES string of the molecule is Oc1ccc(Cc2cc(Cl)ccc2O)c(O)c1. The second kappa shape index (κ2) is 4.55. The van der Waals surface area contributed by atoms with Crippen LogP contribution in [0.25, 0.3) is 0 Å². The van der Waals surface area contributed by atoms with Crippen LogP contribution in [0.2, 0.25) is 5.02 Å². The molecule has 0 radical (unpaired) electrons.